The first-order valence-electron chi connectivity index (χ1n) is 7.24. The summed E-state index contributed by atoms with van der Waals surface area (Å²) in [6, 6.07) is 5.62. The summed E-state index contributed by atoms with van der Waals surface area (Å²) in [6.45, 7) is 1.53. The van der Waals surface area contributed by atoms with Crippen LogP contribution in [0.25, 0.3) is 0 Å². The molecule has 120 valence electrons. The van der Waals surface area contributed by atoms with E-state index in [1.165, 1.54) is 12.1 Å². The van der Waals surface area contributed by atoms with E-state index in [-0.39, 0.29) is 37.2 Å². The number of aliphatic hydroxyl groups excluding tert-OH is 1. The van der Waals surface area contributed by atoms with Gasteiger partial charge in [0.05, 0.1) is 19.1 Å². The SMILES string of the molecule is O=C(CC1C(=O)NCCN1Cc1cccc(F)c1)NCCO. The number of aliphatic hydroxyl groups is 1. The third kappa shape index (κ3) is 4.51. The number of piperazine rings is 1. The second kappa shape index (κ2) is 7.86. The minimum absolute atomic E-state index is 0.0150. The van der Waals surface area contributed by atoms with Crippen molar-refractivity contribution in [2.24, 2.45) is 0 Å². The summed E-state index contributed by atoms with van der Waals surface area (Å²) in [4.78, 5) is 25.7. The van der Waals surface area contributed by atoms with E-state index in [0.29, 0.717) is 19.6 Å². The average molecular weight is 309 g/mol. The number of rotatable bonds is 6. The maximum atomic E-state index is 13.3. The Bertz CT molecular complexity index is 539. The Balaban J connectivity index is 2.03. The third-order valence-electron chi connectivity index (χ3n) is 3.53. The van der Waals surface area contributed by atoms with Crippen LogP contribution in [0.4, 0.5) is 4.39 Å². The Hall–Kier alpha value is -1.99. The van der Waals surface area contributed by atoms with E-state index >= 15 is 0 Å². The highest BCUT2D eigenvalue weighted by molar-refractivity contribution is 5.88. The van der Waals surface area contributed by atoms with E-state index in [1.54, 1.807) is 12.1 Å². The molecule has 1 aromatic rings. The topological polar surface area (TPSA) is 81.7 Å². The van der Waals surface area contributed by atoms with Gasteiger partial charge in [0.1, 0.15) is 5.82 Å². The molecule has 1 fully saturated rings. The minimum Gasteiger partial charge on any atom is -0.395 e. The number of carbonyl (C=O) groups is 2. The van der Waals surface area contributed by atoms with Gasteiger partial charge in [-0.25, -0.2) is 4.39 Å². The fourth-order valence-corrected chi connectivity index (χ4v) is 2.49. The lowest BCUT2D eigenvalue weighted by molar-refractivity contribution is -0.134. The van der Waals surface area contributed by atoms with Crippen molar-refractivity contribution < 1.29 is 19.1 Å². The molecule has 7 heteroatoms. The van der Waals surface area contributed by atoms with Crippen LogP contribution in [0.2, 0.25) is 0 Å². The summed E-state index contributed by atoms with van der Waals surface area (Å²) < 4.78 is 13.3. The van der Waals surface area contributed by atoms with Gasteiger partial charge in [-0.15, -0.1) is 0 Å². The molecule has 1 heterocycles. The van der Waals surface area contributed by atoms with E-state index in [9.17, 15) is 14.0 Å². The van der Waals surface area contributed by atoms with Crippen molar-refractivity contribution >= 4 is 11.8 Å². The molecule has 1 unspecified atom stereocenters. The van der Waals surface area contributed by atoms with Crippen LogP contribution >= 0.6 is 0 Å². The summed E-state index contributed by atoms with van der Waals surface area (Å²) in [5.74, 6) is -0.821. The zero-order valence-corrected chi connectivity index (χ0v) is 12.2. The predicted octanol–water partition coefficient (Wildman–Crippen LogP) is -0.375. The molecule has 0 bridgehead atoms. The number of hydrogen-bond donors (Lipinski definition) is 3. The molecule has 0 aliphatic carbocycles. The highest BCUT2D eigenvalue weighted by atomic mass is 19.1. The van der Waals surface area contributed by atoms with Crippen LogP contribution in [0.15, 0.2) is 24.3 Å². The van der Waals surface area contributed by atoms with Gasteiger partial charge in [-0.2, -0.15) is 0 Å². The largest absolute Gasteiger partial charge is 0.395 e. The Kier molecular flexibility index (Phi) is 5.85. The molecule has 0 spiro atoms. The average Bonchev–Trinajstić information content (AvgIpc) is 2.49. The summed E-state index contributed by atoms with van der Waals surface area (Å²) in [6.07, 6.45) is 0.0150. The highest BCUT2D eigenvalue weighted by Gasteiger charge is 2.31. The zero-order valence-electron chi connectivity index (χ0n) is 12.2. The van der Waals surface area contributed by atoms with Crippen molar-refractivity contribution in [1.29, 1.82) is 0 Å². The number of benzene rings is 1. The van der Waals surface area contributed by atoms with Gasteiger partial charge < -0.3 is 15.7 Å². The molecule has 1 aliphatic heterocycles. The quantitative estimate of drug-likeness (QED) is 0.669. The maximum absolute atomic E-state index is 13.3. The van der Waals surface area contributed by atoms with Crippen molar-refractivity contribution in [2.75, 3.05) is 26.2 Å². The lowest BCUT2D eigenvalue weighted by Crippen LogP contribution is -2.56. The van der Waals surface area contributed by atoms with Gasteiger partial charge in [0.15, 0.2) is 0 Å². The van der Waals surface area contributed by atoms with Crippen LogP contribution in [0, 0.1) is 5.82 Å². The Labute approximate surface area is 128 Å². The van der Waals surface area contributed by atoms with Gasteiger partial charge in [0, 0.05) is 26.2 Å². The van der Waals surface area contributed by atoms with E-state index in [1.807, 2.05) is 4.90 Å². The lowest BCUT2D eigenvalue weighted by atomic mass is 10.1. The Morgan fingerprint density at radius 2 is 2.32 bits per heavy atom. The van der Waals surface area contributed by atoms with Crippen LogP contribution < -0.4 is 10.6 Å². The van der Waals surface area contributed by atoms with Crippen molar-refractivity contribution in [3.8, 4) is 0 Å². The summed E-state index contributed by atoms with van der Waals surface area (Å²) >= 11 is 0. The first-order chi connectivity index (χ1) is 10.6. The number of halogens is 1. The van der Waals surface area contributed by atoms with Crippen LogP contribution in [0.5, 0.6) is 0 Å². The zero-order chi connectivity index (χ0) is 15.9. The van der Waals surface area contributed by atoms with Gasteiger partial charge in [-0.05, 0) is 17.7 Å². The molecule has 1 aromatic carbocycles. The van der Waals surface area contributed by atoms with Gasteiger partial charge in [0.25, 0.3) is 0 Å². The molecule has 2 rings (SSSR count). The highest BCUT2D eigenvalue weighted by Crippen LogP contribution is 2.14. The molecule has 0 radical (unpaired) electrons. The molecule has 1 aliphatic rings. The molecule has 1 atom stereocenters. The Morgan fingerprint density at radius 1 is 1.50 bits per heavy atom. The number of nitrogens with zero attached hydrogens (tertiary/aromatic N) is 1. The Morgan fingerprint density at radius 3 is 3.05 bits per heavy atom. The molecule has 1 saturated heterocycles. The normalized spacial score (nSPS) is 18.8. The van der Waals surface area contributed by atoms with Gasteiger partial charge in [-0.1, -0.05) is 12.1 Å². The number of nitrogens with one attached hydrogen (secondary N) is 2. The maximum Gasteiger partial charge on any atom is 0.237 e. The monoisotopic (exact) mass is 309 g/mol. The molecule has 0 aromatic heterocycles. The minimum atomic E-state index is -0.587. The van der Waals surface area contributed by atoms with Crippen LogP contribution in [-0.4, -0.2) is 54.1 Å². The fourth-order valence-electron chi connectivity index (χ4n) is 2.49. The summed E-state index contributed by atoms with van der Waals surface area (Å²) in [5, 5.41) is 14.0. The lowest BCUT2D eigenvalue weighted by Gasteiger charge is -2.34. The molecule has 22 heavy (non-hydrogen) atoms. The second-order valence-electron chi connectivity index (χ2n) is 5.18. The van der Waals surface area contributed by atoms with Gasteiger partial charge >= 0.3 is 0 Å². The van der Waals surface area contributed by atoms with Crippen LogP contribution in [-0.2, 0) is 16.1 Å². The van der Waals surface area contributed by atoms with Crippen molar-refractivity contribution in [2.45, 2.75) is 19.0 Å². The number of hydrogen-bond acceptors (Lipinski definition) is 4. The summed E-state index contributed by atoms with van der Waals surface area (Å²) in [7, 11) is 0. The van der Waals surface area contributed by atoms with E-state index in [2.05, 4.69) is 10.6 Å². The molecule has 2 amide bonds. The summed E-state index contributed by atoms with van der Waals surface area (Å²) in [5.41, 5.74) is 0.760. The third-order valence-corrected chi connectivity index (χ3v) is 3.53. The number of amides is 2. The smallest absolute Gasteiger partial charge is 0.237 e. The van der Waals surface area contributed by atoms with Gasteiger partial charge in [-0.3, -0.25) is 14.5 Å². The van der Waals surface area contributed by atoms with Crippen molar-refractivity contribution in [3.63, 3.8) is 0 Å². The number of carbonyl (C=O) groups excluding carboxylic acids is 2. The molecule has 6 nitrogen and oxygen atoms in total. The first kappa shape index (κ1) is 16.4. The molecule has 3 N–H and O–H groups in total. The van der Waals surface area contributed by atoms with Crippen molar-refractivity contribution in [1.82, 2.24) is 15.5 Å². The fraction of sp³-hybridized carbons (Fsp3) is 0.467. The van der Waals surface area contributed by atoms with Crippen LogP contribution in [0.3, 0.4) is 0 Å². The van der Waals surface area contributed by atoms with E-state index in [4.69, 9.17) is 5.11 Å². The predicted molar refractivity (Wildman–Crippen MR) is 78.3 cm³/mol. The van der Waals surface area contributed by atoms with E-state index in [0.717, 1.165) is 5.56 Å². The molecular formula is C15H20FN3O3. The molecule has 0 saturated carbocycles. The van der Waals surface area contributed by atoms with Crippen LogP contribution in [0.1, 0.15) is 12.0 Å². The van der Waals surface area contributed by atoms with Crippen molar-refractivity contribution in [3.05, 3.63) is 35.6 Å². The van der Waals surface area contributed by atoms with E-state index < -0.39 is 6.04 Å². The first-order valence-corrected chi connectivity index (χ1v) is 7.24. The molecular weight excluding hydrogens is 289 g/mol. The van der Waals surface area contributed by atoms with Gasteiger partial charge in [0.2, 0.25) is 11.8 Å². The second-order valence-corrected chi connectivity index (χ2v) is 5.18. The standard InChI is InChI=1S/C15H20FN3O3/c16-12-3-1-2-11(8-12)10-19-6-4-18-15(22)13(19)9-14(21)17-5-7-20/h1-3,8,13,20H,4-7,9-10H2,(H,17,21)(H,18,22).